The Hall–Kier alpha value is -0.0213. The van der Waals surface area contributed by atoms with E-state index in [0.717, 1.165) is 12.0 Å². The van der Waals surface area contributed by atoms with E-state index in [4.69, 9.17) is 0 Å². The van der Waals surface area contributed by atoms with Crippen molar-refractivity contribution in [3.63, 3.8) is 0 Å². The molecule has 1 nitrogen and oxygen atoms in total. The first-order chi connectivity index (χ1) is 12.1. The van der Waals surface area contributed by atoms with E-state index >= 15 is 0 Å². The molecule has 0 aliphatic rings. The third-order valence-corrected chi connectivity index (χ3v) is 22.3. The minimum absolute atomic E-state index is 0.288. The minimum atomic E-state index is -2.07. The van der Waals surface area contributed by atoms with Gasteiger partial charge in [-0.25, -0.2) is 0 Å². The molecule has 0 aliphatic carbocycles. The molecular formula is C23H42OSn. The fourth-order valence-electron chi connectivity index (χ4n) is 4.35. The fraction of sp³-hybridized carbons (Fsp3) is 0.739. The predicted molar refractivity (Wildman–Crippen MR) is 115 cm³/mol. The molecule has 0 saturated carbocycles. The van der Waals surface area contributed by atoms with Gasteiger partial charge >= 0.3 is 162 Å². The summed E-state index contributed by atoms with van der Waals surface area (Å²) in [6, 6.07) is 10.2. The van der Waals surface area contributed by atoms with Gasteiger partial charge in [-0.15, -0.1) is 0 Å². The molecule has 0 bridgehead atoms. The quantitative estimate of drug-likeness (QED) is 0.288. The van der Waals surface area contributed by atoms with Crippen LogP contribution < -0.4 is 0 Å². The summed E-state index contributed by atoms with van der Waals surface area (Å²) in [5.74, 6) is 0.663. The van der Waals surface area contributed by atoms with E-state index in [1.54, 1.807) is 13.3 Å². The van der Waals surface area contributed by atoms with Crippen LogP contribution in [0.5, 0.6) is 0 Å². The van der Waals surface area contributed by atoms with Crippen molar-refractivity contribution in [3.8, 4) is 0 Å². The van der Waals surface area contributed by atoms with Gasteiger partial charge in [0.1, 0.15) is 0 Å². The molecule has 0 saturated heterocycles. The Morgan fingerprint density at radius 3 is 1.76 bits per heavy atom. The van der Waals surface area contributed by atoms with Crippen LogP contribution in [0.3, 0.4) is 0 Å². The second kappa shape index (κ2) is 13.2. The molecule has 1 aromatic carbocycles. The Balaban J connectivity index is 2.74. The molecule has 0 spiro atoms. The maximum absolute atomic E-state index is 10.6. The maximum atomic E-state index is 10.6. The van der Waals surface area contributed by atoms with Crippen LogP contribution in [0.4, 0.5) is 0 Å². The van der Waals surface area contributed by atoms with Gasteiger partial charge in [-0.05, 0) is 0 Å². The molecule has 25 heavy (non-hydrogen) atoms. The Morgan fingerprint density at radius 1 is 0.840 bits per heavy atom. The zero-order valence-electron chi connectivity index (χ0n) is 17.3. The van der Waals surface area contributed by atoms with Crippen molar-refractivity contribution < 1.29 is 5.11 Å². The van der Waals surface area contributed by atoms with Gasteiger partial charge in [0.2, 0.25) is 0 Å². The third-order valence-electron chi connectivity index (χ3n) is 5.77. The summed E-state index contributed by atoms with van der Waals surface area (Å²) in [6.45, 7) is 9.44. The second-order valence-corrected chi connectivity index (χ2v) is 22.3. The van der Waals surface area contributed by atoms with E-state index in [1.165, 1.54) is 43.0 Å². The molecule has 0 amide bonds. The molecule has 0 unspecified atom stereocenters. The van der Waals surface area contributed by atoms with Crippen LogP contribution in [0.25, 0.3) is 0 Å². The van der Waals surface area contributed by atoms with E-state index in [0.29, 0.717) is 5.92 Å². The van der Waals surface area contributed by atoms with Gasteiger partial charge < -0.3 is 0 Å². The average molecular weight is 453 g/mol. The first kappa shape index (κ1) is 23.0. The molecule has 0 heterocycles. The molecule has 1 rings (SSSR count). The number of hydrogen-bond donors (Lipinski definition) is 1. The van der Waals surface area contributed by atoms with Crippen molar-refractivity contribution in [2.45, 2.75) is 96.5 Å². The van der Waals surface area contributed by atoms with Crippen LogP contribution in [0.15, 0.2) is 30.3 Å². The van der Waals surface area contributed by atoms with Gasteiger partial charge in [0.05, 0.1) is 0 Å². The van der Waals surface area contributed by atoms with Crippen LogP contribution in [-0.2, 0) is 0 Å². The molecule has 2 atom stereocenters. The van der Waals surface area contributed by atoms with Crippen molar-refractivity contribution >= 4 is 18.4 Å². The molecular weight excluding hydrogens is 411 g/mol. The normalized spacial score (nSPS) is 14.4. The number of rotatable bonds is 14. The van der Waals surface area contributed by atoms with Crippen LogP contribution in [-0.4, -0.2) is 23.5 Å². The fourth-order valence-corrected chi connectivity index (χ4v) is 22.4. The summed E-state index contributed by atoms with van der Waals surface area (Å²) < 4.78 is 6.23. The topological polar surface area (TPSA) is 20.2 Å². The van der Waals surface area contributed by atoms with Crippen molar-refractivity contribution in [1.82, 2.24) is 0 Å². The van der Waals surface area contributed by atoms with Crippen LogP contribution in [0.1, 0.15) is 84.3 Å². The summed E-state index contributed by atoms with van der Waals surface area (Å²) in [6.07, 6.45) is 9.01. The van der Waals surface area contributed by atoms with Crippen LogP contribution in [0, 0.1) is 5.92 Å². The van der Waals surface area contributed by atoms with E-state index in [-0.39, 0.29) is 6.10 Å². The van der Waals surface area contributed by atoms with Gasteiger partial charge in [-0.2, -0.15) is 0 Å². The summed E-state index contributed by atoms with van der Waals surface area (Å²) in [7, 11) is 0. The van der Waals surface area contributed by atoms with Gasteiger partial charge in [0.15, 0.2) is 0 Å². The van der Waals surface area contributed by atoms with E-state index in [9.17, 15) is 5.11 Å². The Kier molecular flexibility index (Phi) is 12.1. The van der Waals surface area contributed by atoms with Gasteiger partial charge in [-0.1, -0.05) is 0 Å². The SMILES string of the molecule is CCC[CH2][Sn]([CH2]CCC)([CH2]CCC)[CH2][C@@H](C)C[C@@H](O)c1ccccc1. The van der Waals surface area contributed by atoms with E-state index in [1.807, 2.05) is 18.2 Å². The summed E-state index contributed by atoms with van der Waals surface area (Å²) in [5, 5.41) is 10.6. The number of benzene rings is 1. The first-order valence-electron chi connectivity index (χ1n) is 10.8. The summed E-state index contributed by atoms with van der Waals surface area (Å²) >= 11 is -2.07. The Morgan fingerprint density at radius 2 is 1.32 bits per heavy atom. The molecule has 0 aromatic heterocycles. The van der Waals surface area contributed by atoms with E-state index < -0.39 is 18.4 Å². The summed E-state index contributed by atoms with van der Waals surface area (Å²) in [4.78, 5) is 0. The number of unbranched alkanes of at least 4 members (excludes halogenated alkanes) is 3. The zero-order valence-corrected chi connectivity index (χ0v) is 20.1. The van der Waals surface area contributed by atoms with E-state index in [2.05, 4.69) is 39.8 Å². The van der Waals surface area contributed by atoms with Crippen LogP contribution in [0.2, 0.25) is 17.7 Å². The summed E-state index contributed by atoms with van der Waals surface area (Å²) in [5.41, 5.74) is 1.09. The van der Waals surface area contributed by atoms with Crippen LogP contribution >= 0.6 is 0 Å². The van der Waals surface area contributed by atoms with Crippen molar-refractivity contribution in [2.75, 3.05) is 0 Å². The Labute approximate surface area is 161 Å². The molecule has 144 valence electrons. The number of aliphatic hydroxyl groups is 1. The third kappa shape index (κ3) is 8.95. The molecule has 2 heteroatoms. The monoisotopic (exact) mass is 454 g/mol. The Bertz CT molecular complexity index is 409. The molecule has 1 N–H and O–H groups in total. The average Bonchev–Trinajstić information content (AvgIpc) is 2.63. The van der Waals surface area contributed by atoms with Crippen molar-refractivity contribution in [1.29, 1.82) is 0 Å². The molecule has 0 aliphatic heterocycles. The zero-order chi connectivity index (χ0) is 18.5. The standard InChI is InChI=1S/C11H15O.3C4H9.Sn/c1-9(2)8-11(12)10-6-4-3-5-7-10;3*1-3-4-2;/h3-7,9,11-12H,1,8H2,2H3;3*1,3-4H2,2H3;/t9-,11+;;;;/m0..../s1. The first-order valence-corrected chi connectivity index (χ1v) is 18.9. The van der Waals surface area contributed by atoms with Gasteiger partial charge in [0.25, 0.3) is 0 Å². The predicted octanol–water partition coefficient (Wildman–Crippen LogP) is 7.60. The number of hydrogen-bond acceptors (Lipinski definition) is 1. The second-order valence-electron chi connectivity index (χ2n) is 8.28. The van der Waals surface area contributed by atoms with Crippen molar-refractivity contribution in [2.24, 2.45) is 5.92 Å². The molecule has 0 radical (unpaired) electrons. The van der Waals surface area contributed by atoms with Crippen molar-refractivity contribution in [3.05, 3.63) is 35.9 Å². The van der Waals surface area contributed by atoms with Gasteiger partial charge in [0, 0.05) is 0 Å². The molecule has 0 fully saturated rings. The van der Waals surface area contributed by atoms with Gasteiger partial charge in [-0.3, -0.25) is 0 Å². The molecule has 1 aromatic rings. The number of aliphatic hydroxyl groups excluding tert-OH is 1.